The molecule has 0 saturated heterocycles. The van der Waals surface area contributed by atoms with E-state index in [1.165, 1.54) is 17.3 Å². The first-order valence-electron chi connectivity index (χ1n) is 6.05. The number of hydrogen-bond acceptors (Lipinski definition) is 0. The molecular formula is C14H18FN. The molecule has 0 unspecified atom stereocenters. The molecule has 0 aliphatic rings. The Morgan fingerprint density at radius 2 is 1.88 bits per heavy atom. The fraction of sp³-hybridized carbons (Fsp3) is 0.429. The standard InChI is InChI=1S/C14H18FN/c1-3-5-11-12-9-10(15)7-8-14(12)16-13(11)6-4-2/h7-9,16H,3-6H2,1-2H3. The molecule has 2 rings (SSSR count). The number of halogens is 1. The van der Waals surface area contributed by atoms with Crippen LogP contribution >= 0.6 is 0 Å². The summed E-state index contributed by atoms with van der Waals surface area (Å²) < 4.78 is 13.2. The van der Waals surface area contributed by atoms with Crippen molar-refractivity contribution in [3.05, 3.63) is 35.3 Å². The van der Waals surface area contributed by atoms with Crippen molar-refractivity contribution >= 4 is 10.9 Å². The average Bonchev–Trinajstić information content (AvgIpc) is 2.58. The fourth-order valence-corrected chi connectivity index (χ4v) is 2.27. The first-order valence-corrected chi connectivity index (χ1v) is 6.05. The Balaban J connectivity index is 2.57. The predicted octanol–water partition coefficient (Wildman–Crippen LogP) is 4.21. The molecule has 0 aliphatic carbocycles. The van der Waals surface area contributed by atoms with Crippen molar-refractivity contribution in [3.63, 3.8) is 0 Å². The van der Waals surface area contributed by atoms with Gasteiger partial charge in [0.2, 0.25) is 0 Å². The van der Waals surface area contributed by atoms with Crippen LogP contribution in [0.15, 0.2) is 18.2 Å². The SMILES string of the molecule is CCCc1[nH]c2ccc(F)cc2c1CCC. The molecular weight excluding hydrogens is 201 g/mol. The van der Waals surface area contributed by atoms with Gasteiger partial charge in [-0.2, -0.15) is 0 Å². The lowest BCUT2D eigenvalue weighted by Gasteiger charge is -2.01. The van der Waals surface area contributed by atoms with Crippen LogP contribution < -0.4 is 0 Å². The van der Waals surface area contributed by atoms with Crippen molar-refractivity contribution in [1.82, 2.24) is 4.98 Å². The Labute approximate surface area is 95.7 Å². The summed E-state index contributed by atoms with van der Waals surface area (Å²) in [5.74, 6) is -0.146. The van der Waals surface area contributed by atoms with Gasteiger partial charge in [0.1, 0.15) is 5.82 Å². The minimum absolute atomic E-state index is 0.146. The van der Waals surface area contributed by atoms with Gasteiger partial charge >= 0.3 is 0 Å². The third kappa shape index (κ3) is 1.97. The van der Waals surface area contributed by atoms with Crippen LogP contribution in [0, 0.1) is 5.82 Å². The quantitative estimate of drug-likeness (QED) is 0.792. The molecule has 2 heteroatoms. The summed E-state index contributed by atoms with van der Waals surface area (Å²) in [4.78, 5) is 3.41. The predicted molar refractivity (Wildman–Crippen MR) is 66.2 cm³/mol. The third-order valence-corrected chi connectivity index (χ3v) is 2.96. The number of aromatic amines is 1. The van der Waals surface area contributed by atoms with Gasteiger partial charge in [-0.05, 0) is 36.6 Å². The van der Waals surface area contributed by atoms with Gasteiger partial charge in [0.05, 0.1) is 0 Å². The molecule has 2 aromatic rings. The Morgan fingerprint density at radius 1 is 1.12 bits per heavy atom. The molecule has 0 amide bonds. The van der Waals surface area contributed by atoms with Gasteiger partial charge in [-0.1, -0.05) is 26.7 Å². The normalized spacial score (nSPS) is 11.2. The molecule has 86 valence electrons. The zero-order chi connectivity index (χ0) is 11.5. The minimum atomic E-state index is -0.146. The molecule has 0 fully saturated rings. The number of aryl methyl sites for hydroxylation is 2. The van der Waals surface area contributed by atoms with Crippen LogP contribution in [-0.2, 0) is 12.8 Å². The van der Waals surface area contributed by atoms with E-state index in [1.807, 2.05) is 6.07 Å². The molecule has 1 aromatic carbocycles. The molecule has 0 bridgehead atoms. The van der Waals surface area contributed by atoms with Crippen molar-refractivity contribution in [1.29, 1.82) is 0 Å². The first kappa shape index (κ1) is 11.2. The van der Waals surface area contributed by atoms with E-state index >= 15 is 0 Å². The molecule has 0 saturated carbocycles. The number of nitrogens with one attached hydrogen (secondary N) is 1. The van der Waals surface area contributed by atoms with E-state index in [9.17, 15) is 4.39 Å². The summed E-state index contributed by atoms with van der Waals surface area (Å²) >= 11 is 0. The second kappa shape index (κ2) is 4.69. The van der Waals surface area contributed by atoms with Crippen LogP contribution in [0.25, 0.3) is 10.9 Å². The number of H-pyrrole nitrogens is 1. The van der Waals surface area contributed by atoms with Crippen molar-refractivity contribution < 1.29 is 4.39 Å². The number of rotatable bonds is 4. The summed E-state index contributed by atoms with van der Waals surface area (Å²) in [6, 6.07) is 5.00. The van der Waals surface area contributed by atoms with E-state index in [4.69, 9.17) is 0 Å². The number of hydrogen-bond donors (Lipinski definition) is 1. The Kier molecular flexibility index (Phi) is 3.28. The number of aromatic nitrogens is 1. The zero-order valence-corrected chi connectivity index (χ0v) is 9.94. The molecule has 1 nitrogen and oxygen atoms in total. The maximum atomic E-state index is 13.2. The highest BCUT2D eigenvalue weighted by Gasteiger charge is 2.10. The summed E-state index contributed by atoms with van der Waals surface area (Å²) in [6.45, 7) is 4.33. The van der Waals surface area contributed by atoms with Crippen molar-refractivity contribution in [2.75, 3.05) is 0 Å². The van der Waals surface area contributed by atoms with Gasteiger partial charge in [0.15, 0.2) is 0 Å². The number of benzene rings is 1. The van der Waals surface area contributed by atoms with E-state index in [2.05, 4.69) is 18.8 Å². The summed E-state index contributed by atoms with van der Waals surface area (Å²) in [7, 11) is 0. The van der Waals surface area contributed by atoms with E-state index in [0.717, 1.165) is 36.6 Å². The first-order chi connectivity index (χ1) is 7.76. The largest absolute Gasteiger partial charge is 0.358 e. The summed E-state index contributed by atoms with van der Waals surface area (Å²) in [6.07, 6.45) is 4.29. The van der Waals surface area contributed by atoms with Crippen molar-refractivity contribution in [2.24, 2.45) is 0 Å². The van der Waals surface area contributed by atoms with Crippen LogP contribution in [0.1, 0.15) is 37.9 Å². The number of fused-ring (bicyclic) bond motifs is 1. The van der Waals surface area contributed by atoms with Gasteiger partial charge < -0.3 is 4.98 Å². The van der Waals surface area contributed by atoms with Crippen LogP contribution in [0.5, 0.6) is 0 Å². The van der Waals surface area contributed by atoms with Crippen LogP contribution in [0.2, 0.25) is 0 Å². The van der Waals surface area contributed by atoms with Crippen LogP contribution in [0.3, 0.4) is 0 Å². The maximum Gasteiger partial charge on any atom is 0.123 e. The molecule has 0 spiro atoms. The van der Waals surface area contributed by atoms with E-state index in [0.29, 0.717) is 0 Å². The molecule has 0 aliphatic heterocycles. The smallest absolute Gasteiger partial charge is 0.123 e. The Bertz CT molecular complexity index is 485. The van der Waals surface area contributed by atoms with Crippen LogP contribution in [-0.4, -0.2) is 4.98 Å². The topological polar surface area (TPSA) is 15.8 Å². The molecule has 0 atom stereocenters. The highest BCUT2D eigenvalue weighted by atomic mass is 19.1. The minimum Gasteiger partial charge on any atom is -0.358 e. The van der Waals surface area contributed by atoms with Gasteiger partial charge in [-0.15, -0.1) is 0 Å². The second-order valence-corrected chi connectivity index (χ2v) is 4.27. The lowest BCUT2D eigenvalue weighted by molar-refractivity contribution is 0.629. The van der Waals surface area contributed by atoms with E-state index in [1.54, 1.807) is 6.07 Å². The monoisotopic (exact) mass is 219 g/mol. The van der Waals surface area contributed by atoms with E-state index in [-0.39, 0.29) is 5.82 Å². The maximum absolute atomic E-state index is 13.2. The molecule has 1 heterocycles. The molecule has 0 radical (unpaired) electrons. The third-order valence-electron chi connectivity index (χ3n) is 2.96. The Hall–Kier alpha value is -1.31. The highest BCUT2D eigenvalue weighted by Crippen LogP contribution is 2.25. The summed E-state index contributed by atoms with van der Waals surface area (Å²) in [5.41, 5.74) is 3.65. The Morgan fingerprint density at radius 3 is 2.56 bits per heavy atom. The van der Waals surface area contributed by atoms with Gasteiger partial charge in [-0.3, -0.25) is 0 Å². The lowest BCUT2D eigenvalue weighted by atomic mass is 10.0. The van der Waals surface area contributed by atoms with Gasteiger partial charge in [-0.25, -0.2) is 4.39 Å². The van der Waals surface area contributed by atoms with Gasteiger partial charge in [0.25, 0.3) is 0 Å². The zero-order valence-electron chi connectivity index (χ0n) is 9.94. The van der Waals surface area contributed by atoms with Crippen molar-refractivity contribution in [3.8, 4) is 0 Å². The second-order valence-electron chi connectivity index (χ2n) is 4.27. The molecule has 16 heavy (non-hydrogen) atoms. The summed E-state index contributed by atoms with van der Waals surface area (Å²) in [5, 5.41) is 1.06. The average molecular weight is 219 g/mol. The molecule has 1 N–H and O–H groups in total. The van der Waals surface area contributed by atoms with Gasteiger partial charge in [0, 0.05) is 16.6 Å². The lowest BCUT2D eigenvalue weighted by Crippen LogP contribution is -1.91. The van der Waals surface area contributed by atoms with Crippen molar-refractivity contribution in [2.45, 2.75) is 39.5 Å². The highest BCUT2D eigenvalue weighted by molar-refractivity contribution is 5.84. The molecule has 1 aromatic heterocycles. The fourth-order valence-electron chi connectivity index (χ4n) is 2.27. The van der Waals surface area contributed by atoms with Crippen LogP contribution in [0.4, 0.5) is 4.39 Å². The van der Waals surface area contributed by atoms with E-state index < -0.39 is 0 Å².